The maximum atomic E-state index is 12.0. The molecule has 0 aromatic heterocycles. The first kappa shape index (κ1) is 19.4. The maximum Gasteiger partial charge on any atom is 0.246 e. The fourth-order valence-electron chi connectivity index (χ4n) is 2.34. The molecule has 0 atom stereocenters. The molecule has 5 heteroatoms. The summed E-state index contributed by atoms with van der Waals surface area (Å²) < 4.78 is 5.37. The van der Waals surface area contributed by atoms with E-state index in [1.807, 2.05) is 56.3 Å². The van der Waals surface area contributed by atoms with Gasteiger partial charge in [0, 0.05) is 29.1 Å². The lowest BCUT2D eigenvalue weighted by Crippen LogP contribution is -2.28. The Morgan fingerprint density at radius 1 is 1.20 bits per heavy atom. The summed E-state index contributed by atoms with van der Waals surface area (Å²) in [6, 6.07) is 13.7. The van der Waals surface area contributed by atoms with Gasteiger partial charge < -0.3 is 9.64 Å². The van der Waals surface area contributed by atoms with Gasteiger partial charge in [0.05, 0.1) is 12.0 Å². The molecule has 2 aromatic rings. The molecule has 0 bridgehead atoms. The van der Waals surface area contributed by atoms with Crippen molar-refractivity contribution in [3.8, 4) is 5.75 Å². The molecule has 2 rings (SSSR count). The third kappa shape index (κ3) is 5.28. The molecule has 0 N–H and O–H groups in total. The average Bonchev–Trinajstić information content (AvgIpc) is 2.62. The summed E-state index contributed by atoms with van der Waals surface area (Å²) >= 11 is 7.97. The number of carbonyl (C=O) groups excluding carboxylic acids is 1. The van der Waals surface area contributed by atoms with E-state index in [2.05, 4.69) is 0 Å². The van der Waals surface area contributed by atoms with E-state index in [4.69, 9.17) is 16.3 Å². The number of hydrogen-bond donors (Lipinski definition) is 0. The van der Waals surface area contributed by atoms with E-state index in [0.29, 0.717) is 18.1 Å². The Balaban J connectivity index is 2.14. The van der Waals surface area contributed by atoms with Gasteiger partial charge in [0.15, 0.2) is 0 Å². The number of hydrogen-bond acceptors (Lipinski definition) is 3. The molecular formula is C20H22ClNO2S. The van der Waals surface area contributed by atoms with Crippen molar-refractivity contribution in [2.75, 3.05) is 20.2 Å². The van der Waals surface area contributed by atoms with Crippen LogP contribution in [-0.4, -0.2) is 31.0 Å². The van der Waals surface area contributed by atoms with Crippen LogP contribution in [0.2, 0.25) is 5.02 Å². The molecule has 0 heterocycles. The molecule has 0 aliphatic carbocycles. The van der Waals surface area contributed by atoms with E-state index in [-0.39, 0.29) is 5.91 Å². The lowest BCUT2D eigenvalue weighted by Gasteiger charge is -2.15. The van der Waals surface area contributed by atoms with E-state index in [1.165, 1.54) is 0 Å². The Bertz CT molecular complexity index is 757. The first-order valence-corrected chi connectivity index (χ1v) is 9.35. The highest BCUT2D eigenvalue weighted by Gasteiger charge is 2.08. The molecule has 25 heavy (non-hydrogen) atoms. The third-order valence-corrected chi connectivity index (χ3v) is 5.12. The average molecular weight is 376 g/mol. The molecule has 3 nitrogen and oxygen atoms in total. The highest BCUT2D eigenvalue weighted by molar-refractivity contribution is 7.99. The van der Waals surface area contributed by atoms with Crippen molar-refractivity contribution in [2.24, 2.45) is 0 Å². The number of ether oxygens (including phenoxy) is 1. The lowest BCUT2D eigenvalue weighted by molar-refractivity contribution is -0.125. The van der Waals surface area contributed by atoms with Gasteiger partial charge in [-0.05, 0) is 49.8 Å². The Morgan fingerprint density at radius 3 is 2.56 bits per heavy atom. The van der Waals surface area contributed by atoms with Crippen LogP contribution in [0.25, 0.3) is 6.08 Å². The van der Waals surface area contributed by atoms with Gasteiger partial charge in [-0.3, -0.25) is 4.79 Å². The predicted molar refractivity (Wildman–Crippen MR) is 106 cm³/mol. The molecule has 0 radical (unpaired) electrons. The topological polar surface area (TPSA) is 29.5 Å². The van der Waals surface area contributed by atoms with Crippen molar-refractivity contribution in [1.29, 1.82) is 0 Å². The van der Waals surface area contributed by atoms with E-state index in [0.717, 1.165) is 21.1 Å². The number of amides is 1. The van der Waals surface area contributed by atoms with Gasteiger partial charge in [-0.1, -0.05) is 41.6 Å². The quantitative estimate of drug-likeness (QED) is 0.608. The van der Waals surface area contributed by atoms with E-state index in [9.17, 15) is 4.79 Å². The third-order valence-electron chi connectivity index (χ3n) is 3.75. The highest BCUT2D eigenvalue weighted by Crippen LogP contribution is 2.36. The Hall–Kier alpha value is -1.91. The zero-order chi connectivity index (χ0) is 18.2. The predicted octanol–water partition coefficient (Wildman–Crippen LogP) is 5.38. The summed E-state index contributed by atoms with van der Waals surface area (Å²) in [4.78, 5) is 15.9. The number of halogens is 1. The summed E-state index contributed by atoms with van der Waals surface area (Å²) in [5.41, 5.74) is 0.826. The molecule has 0 aliphatic rings. The SMILES string of the molecule is CCN(CC)C(=O)C=Cc1ccc(Sc2ccccc2OC)cc1Cl. The number of nitrogens with zero attached hydrogens (tertiary/aromatic N) is 1. The minimum Gasteiger partial charge on any atom is -0.496 e. The number of para-hydroxylation sites is 1. The normalized spacial score (nSPS) is 10.9. The monoisotopic (exact) mass is 375 g/mol. The molecule has 0 spiro atoms. The second-order valence-electron chi connectivity index (χ2n) is 5.28. The minimum atomic E-state index is -0.00598. The Labute approximate surface area is 158 Å². The smallest absolute Gasteiger partial charge is 0.246 e. The number of benzene rings is 2. The lowest BCUT2D eigenvalue weighted by atomic mass is 10.2. The van der Waals surface area contributed by atoms with E-state index < -0.39 is 0 Å². The summed E-state index contributed by atoms with van der Waals surface area (Å²) in [5.74, 6) is 0.825. The molecule has 2 aromatic carbocycles. The Kier molecular flexibility index (Phi) is 7.41. The van der Waals surface area contributed by atoms with Crippen LogP contribution in [-0.2, 0) is 4.79 Å². The second-order valence-corrected chi connectivity index (χ2v) is 6.80. The van der Waals surface area contributed by atoms with Gasteiger partial charge in [0.2, 0.25) is 5.91 Å². The van der Waals surface area contributed by atoms with Crippen LogP contribution in [0.4, 0.5) is 0 Å². The summed E-state index contributed by atoms with van der Waals surface area (Å²) in [6.07, 6.45) is 3.34. The number of likely N-dealkylation sites (N-methyl/N-ethyl adjacent to an activating group) is 1. The maximum absolute atomic E-state index is 12.0. The van der Waals surface area contributed by atoms with Gasteiger partial charge in [0.25, 0.3) is 0 Å². The van der Waals surface area contributed by atoms with Crippen LogP contribution >= 0.6 is 23.4 Å². The molecule has 0 saturated carbocycles. The number of rotatable bonds is 7. The largest absolute Gasteiger partial charge is 0.496 e. The molecule has 0 fully saturated rings. The van der Waals surface area contributed by atoms with Crippen LogP contribution in [0.15, 0.2) is 58.3 Å². The second kappa shape index (κ2) is 9.54. The zero-order valence-electron chi connectivity index (χ0n) is 14.7. The van der Waals surface area contributed by atoms with Gasteiger partial charge in [0.1, 0.15) is 5.75 Å². The highest BCUT2D eigenvalue weighted by atomic mass is 35.5. The van der Waals surface area contributed by atoms with Crippen molar-refractivity contribution in [1.82, 2.24) is 4.90 Å². The van der Waals surface area contributed by atoms with Crippen molar-refractivity contribution >= 4 is 35.3 Å². The van der Waals surface area contributed by atoms with Crippen LogP contribution in [0, 0.1) is 0 Å². The summed E-state index contributed by atoms with van der Waals surface area (Å²) in [6.45, 7) is 5.32. The number of carbonyl (C=O) groups is 1. The van der Waals surface area contributed by atoms with Crippen LogP contribution in [0.1, 0.15) is 19.4 Å². The minimum absolute atomic E-state index is 0.00598. The van der Waals surface area contributed by atoms with Crippen molar-refractivity contribution in [3.63, 3.8) is 0 Å². The standard InChI is InChI=1S/C20H22ClNO2S/c1-4-22(5-2)20(23)13-11-15-10-12-16(14-17(15)21)25-19-9-7-6-8-18(19)24-3/h6-14H,4-5H2,1-3H3. The summed E-state index contributed by atoms with van der Waals surface area (Å²) in [7, 11) is 1.66. The zero-order valence-corrected chi connectivity index (χ0v) is 16.2. The van der Waals surface area contributed by atoms with Gasteiger partial charge in [-0.15, -0.1) is 0 Å². The first-order valence-electron chi connectivity index (χ1n) is 8.16. The molecule has 0 aliphatic heterocycles. The van der Waals surface area contributed by atoms with Gasteiger partial charge in [-0.25, -0.2) is 0 Å². The fraction of sp³-hybridized carbons (Fsp3) is 0.250. The van der Waals surface area contributed by atoms with Crippen LogP contribution < -0.4 is 4.74 Å². The first-order chi connectivity index (χ1) is 12.1. The fourth-order valence-corrected chi connectivity index (χ4v) is 3.61. The molecule has 0 unspecified atom stereocenters. The van der Waals surface area contributed by atoms with E-state index in [1.54, 1.807) is 35.9 Å². The molecular weight excluding hydrogens is 354 g/mol. The molecule has 132 valence electrons. The van der Waals surface area contributed by atoms with Gasteiger partial charge >= 0.3 is 0 Å². The Morgan fingerprint density at radius 2 is 1.92 bits per heavy atom. The van der Waals surface area contributed by atoms with E-state index >= 15 is 0 Å². The number of methoxy groups -OCH3 is 1. The molecule has 0 saturated heterocycles. The summed E-state index contributed by atoms with van der Waals surface area (Å²) in [5, 5.41) is 0.614. The van der Waals surface area contributed by atoms with Crippen molar-refractivity contribution < 1.29 is 9.53 Å². The molecule has 1 amide bonds. The van der Waals surface area contributed by atoms with Gasteiger partial charge in [-0.2, -0.15) is 0 Å². The van der Waals surface area contributed by atoms with Crippen LogP contribution in [0.5, 0.6) is 5.75 Å². The van der Waals surface area contributed by atoms with Crippen molar-refractivity contribution in [3.05, 3.63) is 59.1 Å². The van der Waals surface area contributed by atoms with Crippen molar-refractivity contribution in [2.45, 2.75) is 23.6 Å². The van der Waals surface area contributed by atoms with Crippen LogP contribution in [0.3, 0.4) is 0 Å².